The highest BCUT2D eigenvalue weighted by molar-refractivity contribution is 6.20. The Morgan fingerprint density at radius 1 is 0.338 bits per heavy atom. The summed E-state index contributed by atoms with van der Waals surface area (Å²) in [7, 11) is 0. The minimum atomic E-state index is -0.825. The van der Waals surface area contributed by atoms with Gasteiger partial charge in [0, 0.05) is 49.9 Å². The smallest absolute Gasteiger partial charge is 0.145 e. The molecule has 0 spiro atoms. The van der Waals surface area contributed by atoms with Crippen LogP contribution >= 0.6 is 0 Å². The van der Waals surface area contributed by atoms with Crippen molar-refractivity contribution < 1.29 is 8.83 Å². The number of nitrogens with zero attached hydrogens (tertiary/aromatic N) is 4. The Labute approximate surface area is 445 Å². The lowest BCUT2D eigenvalue weighted by molar-refractivity contribution is 0.666. The summed E-state index contributed by atoms with van der Waals surface area (Å²) < 4.78 is 14.4. The number of aromatic nitrogens is 2. The predicted molar refractivity (Wildman–Crippen MR) is 314 cm³/mol. The number of fused-ring (bicyclic) bond motifs is 10. The van der Waals surface area contributed by atoms with Gasteiger partial charge in [-0.1, -0.05) is 188 Å². The van der Waals surface area contributed by atoms with E-state index in [0.29, 0.717) is 0 Å². The maximum Gasteiger partial charge on any atom is 0.145 e. The van der Waals surface area contributed by atoms with Crippen molar-refractivity contribution in [2.45, 2.75) is 5.41 Å². The summed E-state index contributed by atoms with van der Waals surface area (Å²) in [5.74, 6) is 1.60. The van der Waals surface area contributed by atoms with Crippen molar-refractivity contribution >= 4 is 78.3 Å². The molecule has 0 radical (unpaired) electrons. The molecule has 0 amide bonds. The molecule has 0 bridgehead atoms. The van der Waals surface area contributed by atoms with Gasteiger partial charge in [0.2, 0.25) is 0 Å². The second-order valence-corrected chi connectivity index (χ2v) is 19.6. The molecule has 0 saturated heterocycles. The van der Waals surface area contributed by atoms with E-state index in [2.05, 4.69) is 271 Å². The largest absolute Gasteiger partial charge is 0.456 e. The Kier molecular flexibility index (Phi) is 10.3. The van der Waals surface area contributed by atoms with Crippen LogP contribution in [-0.4, -0.2) is 9.97 Å². The lowest BCUT2D eigenvalue weighted by Gasteiger charge is -2.35. The zero-order valence-electron chi connectivity index (χ0n) is 41.7. The number of benzene rings is 10. The van der Waals surface area contributed by atoms with Crippen molar-refractivity contribution in [1.29, 1.82) is 0 Å². The van der Waals surface area contributed by atoms with E-state index < -0.39 is 5.41 Å². The molecule has 0 N–H and O–H groups in total. The zero-order chi connectivity index (χ0) is 50.9. The van der Waals surface area contributed by atoms with Crippen LogP contribution in [0.5, 0.6) is 0 Å². The van der Waals surface area contributed by atoms with E-state index in [-0.39, 0.29) is 0 Å². The van der Waals surface area contributed by atoms with E-state index in [1.54, 1.807) is 0 Å². The molecular weight excluding hydrogens is 941 g/mol. The molecule has 0 saturated carbocycles. The molecule has 4 heterocycles. The summed E-state index contributed by atoms with van der Waals surface area (Å²) in [4.78, 5) is 15.3. The molecule has 0 atom stereocenters. The highest BCUT2D eigenvalue weighted by Gasteiger charge is 2.49. The molecule has 6 heteroatoms. The number of hydrogen-bond acceptors (Lipinski definition) is 6. The quantitative estimate of drug-likeness (QED) is 0.136. The van der Waals surface area contributed by atoms with Crippen molar-refractivity contribution in [3.8, 4) is 33.6 Å². The molecule has 0 aliphatic heterocycles. The van der Waals surface area contributed by atoms with Gasteiger partial charge in [0.05, 0.1) is 27.9 Å². The first-order chi connectivity index (χ1) is 38.2. The predicted octanol–water partition coefficient (Wildman–Crippen LogP) is 18.9. The average molecular weight is 987 g/mol. The van der Waals surface area contributed by atoms with Gasteiger partial charge in [-0.3, -0.25) is 9.80 Å². The molecule has 77 heavy (non-hydrogen) atoms. The second kappa shape index (κ2) is 18.0. The first kappa shape index (κ1) is 44.2. The van der Waals surface area contributed by atoms with Crippen molar-refractivity contribution in [1.82, 2.24) is 9.97 Å². The van der Waals surface area contributed by atoms with Gasteiger partial charge in [0.15, 0.2) is 0 Å². The third kappa shape index (κ3) is 7.11. The Morgan fingerprint density at radius 2 is 0.844 bits per heavy atom. The lowest BCUT2D eigenvalue weighted by Crippen LogP contribution is -2.28. The summed E-state index contributed by atoms with van der Waals surface area (Å²) in [6.07, 6.45) is 0. The van der Waals surface area contributed by atoms with Crippen LogP contribution in [0.15, 0.2) is 288 Å². The third-order valence-corrected chi connectivity index (χ3v) is 15.3. The van der Waals surface area contributed by atoms with Crippen LogP contribution < -0.4 is 9.80 Å². The molecule has 362 valence electrons. The maximum atomic E-state index is 7.36. The minimum absolute atomic E-state index is 0.788. The molecule has 6 nitrogen and oxygen atoms in total. The van der Waals surface area contributed by atoms with Gasteiger partial charge in [-0.05, 0) is 119 Å². The van der Waals surface area contributed by atoms with E-state index in [0.717, 1.165) is 134 Å². The van der Waals surface area contributed by atoms with Crippen LogP contribution in [0.3, 0.4) is 0 Å². The number of furan rings is 2. The van der Waals surface area contributed by atoms with Crippen LogP contribution in [0.4, 0.5) is 34.4 Å². The lowest BCUT2D eigenvalue weighted by atomic mass is 9.67. The minimum Gasteiger partial charge on any atom is -0.456 e. The molecule has 15 rings (SSSR count). The average Bonchev–Trinajstić information content (AvgIpc) is 3.83. The zero-order valence-corrected chi connectivity index (χ0v) is 41.7. The monoisotopic (exact) mass is 986 g/mol. The fourth-order valence-corrected chi connectivity index (χ4v) is 12.0. The van der Waals surface area contributed by atoms with Gasteiger partial charge in [0.25, 0.3) is 0 Å². The molecule has 0 unspecified atom stereocenters. The first-order valence-electron chi connectivity index (χ1n) is 26.1. The van der Waals surface area contributed by atoms with Gasteiger partial charge >= 0.3 is 0 Å². The molecule has 4 aromatic heterocycles. The standard InChI is InChI=1S/C71H46N4O2/c1-7-23-47(24-8-1)60-36-21-39-66(72-60)74(51-31-15-5-16-32-51)53-41-42-64-55(43-53)56-44-57-58(46-65(56)76-64)71(49-27-11-3-12-28-49,50-29-13-4-14-30-50)59-45-62(69-54-35-19-20-38-63(54)77-70(69)68(57)59)75(52-33-17-6-18-34-52)67-40-22-37-61(73-67)48-25-9-2-10-26-48/h1-46H. The Hall–Kier alpha value is -10.3. The highest BCUT2D eigenvalue weighted by atomic mass is 16.3. The van der Waals surface area contributed by atoms with Gasteiger partial charge < -0.3 is 8.83 Å². The van der Waals surface area contributed by atoms with Crippen molar-refractivity contribution in [3.05, 3.63) is 301 Å². The molecule has 0 fully saturated rings. The molecule has 1 aliphatic rings. The summed E-state index contributed by atoms with van der Waals surface area (Å²) >= 11 is 0. The summed E-state index contributed by atoms with van der Waals surface area (Å²) in [5, 5.41) is 4.02. The van der Waals surface area contributed by atoms with E-state index in [4.69, 9.17) is 18.8 Å². The van der Waals surface area contributed by atoms with E-state index in [9.17, 15) is 0 Å². The summed E-state index contributed by atoms with van der Waals surface area (Å²) in [5.41, 5.74) is 16.8. The van der Waals surface area contributed by atoms with Gasteiger partial charge in [-0.25, -0.2) is 9.97 Å². The molecular formula is C71H46N4O2. The Bertz CT molecular complexity index is 4460. The van der Waals surface area contributed by atoms with E-state index in [1.165, 1.54) is 0 Å². The topological polar surface area (TPSA) is 58.5 Å². The highest BCUT2D eigenvalue weighted by Crippen LogP contribution is 2.62. The number of pyridine rings is 2. The van der Waals surface area contributed by atoms with Crippen LogP contribution in [-0.2, 0) is 5.41 Å². The molecule has 1 aliphatic carbocycles. The van der Waals surface area contributed by atoms with Crippen molar-refractivity contribution in [2.75, 3.05) is 9.80 Å². The Morgan fingerprint density at radius 3 is 1.45 bits per heavy atom. The van der Waals surface area contributed by atoms with Crippen LogP contribution in [0.2, 0.25) is 0 Å². The fourth-order valence-electron chi connectivity index (χ4n) is 12.0. The number of anilines is 6. The number of hydrogen-bond donors (Lipinski definition) is 0. The van der Waals surface area contributed by atoms with Gasteiger partial charge in [0.1, 0.15) is 34.0 Å². The summed E-state index contributed by atoms with van der Waals surface area (Å²) in [6, 6.07) is 98.2. The SMILES string of the molecule is c1ccc(-c2cccc(N(c3ccccc3)c3ccc4oc5cc6c(cc5c4c3)-c3c(cc(N(c4ccccc4)c4cccc(-c5ccccc5)n4)c4c3oc3ccccc34)C6(c3ccccc3)c3ccccc3)n2)cc1. The number of rotatable bonds is 10. The molecule has 10 aromatic carbocycles. The van der Waals surface area contributed by atoms with E-state index in [1.807, 2.05) is 18.2 Å². The maximum absolute atomic E-state index is 7.36. The van der Waals surface area contributed by atoms with Gasteiger partial charge in [-0.2, -0.15) is 0 Å². The van der Waals surface area contributed by atoms with Crippen molar-refractivity contribution in [3.63, 3.8) is 0 Å². The van der Waals surface area contributed by atoms with Crippen LogP contribution in [0.1, 0.15) is 22.3 Å². The third-order valence-electron chi connectivity index (χ3n) is 15.3. The first-order valence-corrected chi connectivity index (χ1v) is 26.1. The van der Waals surface area contributed by atoms with E-state index >= 15 is 0 Å². The number of para-hydroxylation sites is 3. The summed E-state index contributed by atoms with van der Waals surface area (Å²) in [6.45, 7) is 0. The van der Waals surface area contributed by atoms with Crippen molar-refractivity contribution in [2.24, 2.45) is 0 Å². The van der Waals surface area contributed by atoms with Crippen LogP contribution in [0.25, 0.3) is 77.5 Å². The second-order valence-electron chi connectivity index (χ2n) is 19.6. The normalized spacial score (nSPS) is 12.5. The van der Waals surface area contributed by atoms with Gasteiger partial charge in [-0.15, -0.1) is 0 Å². The molecule has 14 aromatic rings. The van der Waals surface area contributed by atoms with Crippen LogP contribution in [0, 0.1) is 0 Å². The fraction of sp³-hybridized carbons (Fsp3) is 0.0141. The Balaban J connectivity index is 1.02.